The van der Waals surface area contributed by atoms with Crippen LogP contribution in [-0.2, 0) is 16.6 Å². The number of esters is 1. The molecule has 0 radical (unpaired) electrons. The minimum absolute atomic E-state index is 0.0119. The summed E-state index contributed by atoms with van der Waals surface area (Å²) in [4.78, 5) is 38.4. The van der Waals surface area contributed by atoms with Gasteiger partial charge in [-0.15, -0.1) is 0 Å². The van der Waals surface area contributed by atoms with E-state index >= 15 is 0 Å². The minimum Gasteiger partial charge on any atom is -0.460 e. The van der Waals surface area contributed by atoms with E-state index in [9.17, 15) is 14.4 Å². The van der Waals surface area contributed by atoms with E-state index in [0.29, 0.717) is 24.9 Å². The maximum Gasteiger partial charge on any atom is 0.306 e. The molecule has 6 nitrogen and oxygen atoms in total. The van der Waals surface area contributed by atoms with Gasteiger partial charge in [0.05, 0.1) is 0 Å². The zero-order chi connectivity index (χ0) is 18.6. The van der Waals surface area contributed by atoms with Gasteiger partial charge in [-0.1, -0.05) is 0 Å². The SMILES string of the molecule is Cn1ccc(C(=O)N2CCCCC2CCC(=O)OC(C)(C)C)cc1=O. The van der Waals surface area contributed by atoms with E-state index in [-0.39, 0.29) is 23.5 Å². The number of likely N-dealkylation sites (tertiary alicyclic amines) is 1. The first-order valence-electron chi connectivity index (χ1n) is 8.87. The van der Waals surface area contributed by atoms with Crippen molar-refractivity contribution in [2.45, 2.75) is 64.5 Å². The van der Waals surface area contributed by atoms with Crippen LogP contribution in [0.5, 0.6) is 0 Å². The number of carbonyl (C=O) groups is 2. The number of carbonyl (C=O) groups excluding carboxylic acids is 2. The summed E-state index contributed by atoms with van der Waals surface area (Å²) < 4.78 is 6.79. The number of amides is 1. The van der Waals surface area contributed by atoms with E-state index in [2.05, 4.69) is 0 Å². The Kier molecular flexibility index (Phi) is 6.03. The number of ether oxygens (including phenoxy) is 1. The molecule has 1 aromatic rings. The largest absolute Gasteiger partial charge is 0.460 e. The molecule has 6 heteroatoms. The van der Waals surface area contributed by atoms with Crippen LogP contribution in [0.4, 0.5) is 0 Å². The molecule has 1 saturated heterocycles. The summed E-state index contributed by atoms with van der Waals surface area (Å²) in [5, 5.41) is 0. The van der Waals surface area contributed by atoms with Gasteiger partial charge < -0.3 is 14.2 Å². The molecule has 1 amide bonds. The molecule has 2 heterocycles. The summed E-state index contributed by atoms with van der Waals surface area (Å²) >= 11 is 0. The van der Waals surface area contributed by atoms with Crippen molar-refractivity contribution in [2.75, 3.05) is 6.54 Å². The van der Waals surface area contributed by atoms with Crippen molar-refractivity contribution >= 4 is 11.9 Å². The van der Waals surface area contributed by atoms with Gasteiger partial charge in [-0.2, -0.15) is 0 Å². The summed E-state index contributed by atoms with van der Waals surface area (Å²) in [6.45, 7) is 6.19. The molecule has 25 heavy (non-hydrogen) atoms. The lowest BCUT2D eigenvalue weighted by Crippen LogP contribution is -2.44. The van der Waals surface area contributed by atoms with E-state index < -0.39 is 5.60 Å². The van der Waals surface area contributed by atoms with Gasteiger partial charge in [-0.3, -0.25) is 14.4 Å². The molecule has 1 atom stereocenters. The topological polar surface area (TPSA) is 68.6 Å². The van der Waals surface area contributed by atoms with E-state index in [1.807, 2.05) is 25.7 Å². The van der Waals surface area contributed by atoms with Gasteiger partial charge >= 0.3 is 5.97 Å². The molecular weight excluding hydrogens is 320 g/mol. The number of nitrogens with zero attached hydrogens (tertiary/aromatic N) is 2. The second-order valence-electron chi connectivity index (χ2n) is 7.64. The summed E-state index contributed by atoms with van der Waals surface area (Å²) in [6, 6.07) is 3.06. The van der Waals surface area contributed by atoms with E-state index in [0.717, 1.165) is 19.3 Å². The molecule has 0 spiro atoms. The first-order chi connectivity index (χ1) is 11.7. The Hall–Kier alpha value is -2.11. The van der Waals surface area contributed by atoms with Crippen molar-refractivity contribution in [3.8, 4) is 0 Å². The molecule has 0 bridgehead atoms. The molecule has 138 valence electrons. The maximum atomic E-state index is 12.8. The van der Waals surface area contributed by atoms with Crippen molar-refractivity contribution in [1.29, 1.82) is 0 Å². The van der Waals surface area contributed by atoms with Crippen LogP contribution >= 0.6 is 0 Å². The van der Waals surface area contributed by atoms with Gasteiger partial charge in [0.15, 0.2) is 0 Å². The summed E-state index contributed by atoms with van der Waals surface area (Å²) in [5.74, 6) is -0.370. The van der Waals surface area contributed by atoms with Gasteiger partial charge in [-0.25, -0.2) is 0 Å². The standard InChI is InChI=1S/C19H28N2O4/c1-19(2,3)25-17(23)9-8-15-7-5-6-11-21(15)18(24)14-10-12-20(4)16(22)13-14/h10,12-13,15H,5-9,11H2,1-4H3. The van der Waals surface area contributed by atoms with Gasteiger partial charge in [-0.05, 0) is 52.5 Å². The number of hydrogen-bond acceptors (Lipinski definition) is 4. The monoisotopic (exact) mass is 348 g/mol. The normalized spacial score (nSPS) is 18.1. The highest BCUT2D eigenvalue weighted by atomic mass is 16.6. The van der Waals surface area contributed by atoms with Crippen molar-refractivity contribution in [1.82, 2.24) is 9.47 Å². The number of pyridine rings is 1. The molecule has 1 unspecified atom stereocenters. The minimum atomic E-state index is -0.497. The van der Waals surface area contributed by atoms with E-state index in [1.165, 1.54) is 10.6 Å². The molecule has 0 aliphatic carbocycles. The Labute approximate surface area is 148 Å². The van der Waals surface area contributed by atoms with Gasteiger partial charge in [0.25, 0.3) is 11.5 Å². The lowest BCUT2D eigenvalue weighted by Gasteiger charge is -2.36. The Morgan fingerprint density at radius 3 is 2.64 bits per heavy atom. The van der Waals surface area contributed by atoms with Crippen molar-refractivity contribution < 1.29 is 14.3 Å². The van der Waals surface area contributed by atoms with Crippen LogP contribution in [0.2, 0.25) is 0 Å². The zero-order valence-corrected chi connectivity index (χ0v) is 15.6. The second kappa shape index (κ2) is 7.85. The van der Waals surface area contributed by atoms with Gasteiger partial charge in [0.1, 0.15) is 5.60 Å². The highest BCUT2D eigenvalue weighted by molar-refractivity contribution is 5.94. The fourth-order valence-electron chi connectivity index (χ4n) is 3.09. The van der Waals surface area contributed by atoms with Crippen LogP contribution in [0.15, 0.2) is 23.1 Å². The molecular formula is C19H28N2O4. The average molecular weight is 348 g/mol. The van der Waals surface area contributed by atoms with Crippen molar-refractivity contribution in [3.05, 3.63) is 34.2 Å². The Bertz CT molecular complexity index is 687. The van der Waals surface area contributed by atoms with Crippen LogP contribution in [0.3, 0.4) is 0 Å². The van der Waals surface area contributed by atoms with Crippen LogP contribution in [-0.4, -0.2) is 39.5 Å². The van der Waals surface area contributed by atoms with E-state index in [4.69, 9.17) is 4.74 Å². The predicted molar refractivity (Wildman–Crippen MR) is 95.4 cm³/mol. The number of piperidine rings is 1. The van der Waals surface area contributed by atoms with Crippen LogP contribution in [0, 0.1) is 0 Å². The second-order valence-corrected chi connectivity index (χ2v) is 7.64. The summed E-state index contributed by atoms with van der Waals surface area (Å²) in [6.07, 6.45) is 5.35. The molecule has 1 fully saturated rings. The molecule has 0 aromatic carbocycles. The lowest BCUT2D eigenvalue weighted by molar-refractivity contribution is -0.155. The Morgan fingerprint density at radius 1 is 1.28 bits per heavy atom. The number of aromatic nitrogens is 1. The third-order valence-electron chi connectivity index (χ3n) is 4.34. The molecule has 1 aliphatic rings. The van der Waals surface area contributed by atoms with Crippen LogP contribution < -0.4 is 5.56 Å². The highest BCUT2D eigenvalue weighted by Crippen LogP contribution is 2.23. The number of hydrogen-bond donors (Lipinski definition) is 0. The third-order valence-corrected chi connectivity index (χ3v) is 4.34. The smallest absolute Gasteiger partial charge is 0.306 e. The maximum absolute atomic E-state index is 12.8. The van der Waals surface area contributed by atoms with Crippen LogP contribution in [0.1, 0.15) is 63.2 Å². The quantitative estimate of drug-likeness (QED) is 0.784. The first-order valence-corrected chi connectivity index (χ1v) is 8.87. The van der Waals surface area contributed by atoms with E-state index in [1.54, 1.807) is 19.3 Å². The Morgan fingerprint density at radius 2 is 2.00 bits per heavy atom. The molecule has 1 aromatic heterocycles. The molecule has 1 aliphatic heterocycles. The summed E-state index contributed by atoms with van der Waals surface area (Å²) in [5.41, 5.74) is -0.288. The predicted octanol–water partition coefficient (Wildman–Crippen LogP) is 2.50. The molecule has 0 N–H and O–H groups in total. The number of rotatable bonds is 4. The third kappa shape index (κ3) is 5.44. The van der Waals surface area contributed by atoms with Gasteiger partial charge in [0, 0.05) is 43.9 Å². The van der Waals surface area contributed by atoms with Crippen molar-refractivity contribution in [3.63, 3.8) is 0 Å². The molecule has 2 rings (SSSR count). The van der Waals surface area contributed by atoms with Crippen LogP contribution in [0.25, 0.3) is 0 Å². The lowest BCUT2D eigenvalue weighted by atomic mass is 9.97. The number of aryl methyl sites for hydroxylation is 1. The first kappa shape index (κ1) is 19.2. The zero-order valence-electron chi connectivity index (χ0n) is 15.6. The fraction of sp³-hybridized carbons (Fsp3) is 0.632. The highest BCUT2D eigenvalue weighted by Gasteiger charge is 2.28. The molecule has 0 saturated carbocycles. The Balaban J connectivity index is 2.04. The fourth-order valence-corrected chi connectivity index (χ4v) is 3.09. The summed E-state index contributed by atoms with van der Waals surface area (Å²) in [7, 11) is 1.65. The van der Waals surface area contributed by atoms with Gasteiger partial charge in [0.2, 0.25) is 0 Å². The van der Waals surface area contributed by atoms with Crippen molar-refractivity contribution in [2.24, 2.45) is 7.05 Å². The average Bonchev–Trinajstić information content (AvgIpc) is 2.53.